The van der Waals surface area contributed by atoms with E-state index in [4.69, 9.17) is 11.6 Å². The second-order valence-corrected chi connectivity index (χ2v) is 6.11. The summed E-state index contributed by atoms with van der Waals surface area (Å²) in [5.41, 5.74) is 3.21. The third-order valence-corrected chi connectivity index (χ3v) is 4.66. The molecule has 0 fully saturated rings. The molecule has 1 N–H and O–H groups in total. The third-order valence-electron chi connectivity index (χ3n) is 3.41. The Balaban J connectivity index is 2.30. The molecule has 4 nitrogen and oxygen atoms in total. The normalized spacial score (nSPS) is 12.6. The van der Waals surface area contributed by atoms with E-state index < -0.39 is 0 Å². The summed E-state index contributed by atoms with van der Waals surface area (Å²) in [5, 5.41) is 8.69. The van der Waals surface area contributed by atoms with Crippen LogP contribution in [0.1, 0.15) is 37.0 Å². The van der Waals surface area contributed by atoms with Crippen LogP contribution in [-0.2, 0) is 13.0 Å². The van der Waals surface area contributed by atoms with Gasteiger partial charge in [-0.15, -0.1) is 0 Å². The molecule has 21 heavy (non-hydrogen) atoms. The summed E-state index contributed by atoms with van der Waals surface area (Å²) in [6.45, 7) is 7.95. The lowest BCUT2D eigenvalue weighted by molar-refractivity contribution is 0.506. The fourth-order valence-corrected chi connectivity index (χ4v) is 2.94. The molecule has 0 saturated heterocycles. The quantitative estimate of drug-likeness (QED) is 0.837. The van der Waals surface area contributed by atoms with Crippen LogP contribution < -0.4 is 5.32 Å². The molecule has 0 spiro atoms. The molecule has 2 aromatic heterocycles. The number of halogens is 2. The molecule has 0 aromatic carbocycles. The predicted molar refractivity (Wildman–Crippen MR) is 89.7 cm³/mol. The molecule has 0 aliphatic rings. The van der Waals surface area contributed by atoms with E-state index in [0.29, 0.717) is 5.02 Å². The first-order valence-corrected chi connectivity index (χ1v) is 8.30. The van der Waals surface area contributed by atoms with Crippen LogP contribution in [0.5, 0.6) is 0 Å². The molecule has 0 radical (unpaired) electrons. The van der Waals surface area contributed by atoms with Gasteiger partial charge in [-0.1, -0.05) is 18.5 Å². The van der Waals surface area contributed by atoms with Gasteiger partial charge in [0.2, 0.25) is 0 Å². The van der Waals surface area contributed by atoms with Gasteiger partial charge < -0.3 is 5.32 Å². The van der Waals surface area contributed by atoms with Crippen LogP contribution in [0, 0.1) is 6.92 Å². The summed E-state index contributed by atoms with van der Waals surface area (Å²) in [6, 6.07) is 4.00. The summed E-state index contributed by atoms with van der Waals surface area (Å²) in [6.07, 6.45) is 2.52. The maximum Gasteiger partial charge on any atom is 0.0738 e. The maximum atomic E-state index is 5.93. The van der Waals surface area contributed by atoms with E-state index in [2.05, 4.69) is 45.2 Å². The Morgan fingerprint density at radius 1 is 1.38 bits per heavy atom. The molecule has 2 heterocycles. The molecule has 0 saturated carbocycles. The van der Waals surface area contributed by atoms with E-state index in [9.17, 15) is 0 Å². The zero-order valence-corrected chi connectivity index (χ0v) is 14.9. The lowest BCUT2D eigenvalue weighted by atomic mass is 10.1. The van der Waals surface area contributed by atoms with Gasteiger partial charge in [0.1, 0.15) is 0 Å². The molecule has 2 rings (SSSR count). The first kappa shape index (κ1) is 16.5. The van der Waals surface area contributed by atoms with Gasteiger partial charge in [0, 0.05) is 19.2 Å². The summed E-state index contributed by atoms with van der Waals surface area (Å²) in [5.74, 6) is 0. The Hall–Kier alpha value is -0.910. The number of aromatic nitrogens is 3. The number of nitrogens with zero attached hydrogens (tertiary/aromatic N) is 3. The van der Waals surface area contributed by atoms with Gasteiger partial charge in [0.05, 0.1) is 32.6 Å². The molecule has 0 bridgehead atoms. The van der Waals surface area contributed by atoms with E-state index >= 15 is 0 Å². The van der Waals surface area contributed by atoms with Gasteiger partial charge in [-0.25, -0.2) is 0 Å². The highest BCUT2D eigenvalue weighted by molar-refractivity contribution is 9.10. The summed E-state index contributed by atoms with van der Waals surface area (Å²) < 4.78 is 3.13. The number of pyridine rings is 1. The summed E-state index contributed by atoms with van der Waals surface area (Å²) in [7, 11) is 0. The highest BCUT2D eigenvalue weighted by Crippen LogP contribution is 2.26. The molecular formula is C15H20BrClN4. The smallest absolute Gasteiger partial charge is 0.0738 e. The highest BCUT2D eigenvalue weighted by atomic mass is 79.9. The number of hydrogen-bond donors (Lipinski definition) is 1. The maximum absolute atomic E-state index is 5.93. The molecular weight excluding hydrogens is 352 g/mol. The van der Waals surface area contributed by atoms with Crippen molar-refractivity contribution in [3.63, 3.8) is 0 Å². The van der Waals surface area contributed by atoms with Crippen molar-refractivity contribution >= 4 is 27.5 Å². The van der Waals surface area contributed by atoms with E-state index in [-0.39, 0.29) is 6.04 Å². The van der Waals surface area contributed by atoms with Crippen LogP contribution in [0.3, 0.4) is 0 Å². The number of likely N-dealkylation sites (N-methyl/N-ethyl adjacent to an activating group) is 1. The largest absolute Gasteiger partial charge is 0.309 e. The molecule has 6 heteroatoms. The minimum Gasteiger partial charge on any atom is -0.309 e. The molecule has 0 amide bonds. The van der Waals surface area contributed by atoms with Gasteiger partial charge >= 0.3 is 0 Å². The fraction of sp³-hybridized carbons (Fsp3) is 0.467. The Morgan fingerprint density at radius 3 is 2.71 bits per heavy atom. The van der Waals surface area contributed by atoms with E-state index in [1.165, 1.54) is 5.69 Å². The number of aryl methyl sites for hydroxylation is 2. The lowest BCUT2D eigenvalue weighted by Crippen LogP contribution is -2.25. The summed E-state index contributed by atoms with van der Waals surface area (Å²) >= 11 is 9.58. The average molecular weight is 372 g/mol. The monoisotopic (exact) mass is 370 g/mol. The Kier molecular flexibility index (Phi) is 5.79. The molecule has 114 valence electrons. The van der Waals surface area contributed by atoms with Gasteiger partial charge in [0.25, 0.3) is 0 Å². The minimum absolute atomic E-state index is 0.143. The SMILES string of the molecule is CCNC(Cc1c(Br)c(C)nn1CC)c1ccc(Cl)cn1. The number of hydrogen-bond acceptors (Lipinski definition) is 3. The second-order valence-electron chi connectivity index (χ2n) is 4.88. The fourth-order valence-electron chi connectivity index (χ4n) is 2.38. The minimum atomic E-state index is 0.143. The number of rotatable bonds is 6. The third kappa shape index (κ3) is 3.84. The van der Waals surface area contributed by atoms with Gasteiger partial charge in [0.15, 0.2) is 0 Å². The van der Waals surface area contributed by atoms with Crippen molar-refractivity contribution in [2.45, 2.75) is 39.8 Å². The van der Waals surface area contributed by atoms with Gasteiger partial charge in [-0.05, 0) is 48.5 Å². The second kappa shape index (κ2) is 7.38. The molecule has 0 aliphatic carbocycles. The molecule has 0 aliphatic heterocycles. The van der Waals surface area contributed by atoms with Crippen molar-refractivity contribution in [1.29, 1.82) is 0 Å². The van der Waals surface area contributed by atoms with Crippen molar-refractivity contribution < 1.29 is 0 Å². The van der Waals surface area contributed by atoms with E-state index in [0.717, 1.165) is 35.4 Å². The number of nitrogens with one attached hydrogen (secondary N) is 1. The molecule has 1 atom stereocenters. The van der Waals surface area contributed by atoms with Gasteiger partial charge in [-0.2, -0.15) is 5.10 Å². The topological polar surface area (TPSA) is 42.7 Å². The Bertz CT molecular complexity index is 594. The molecule has 1 unspecified atom stereocenters. The van der Waals surface area contributed by atoms with Crippen molar-refractivity contribution in [3.05, 3.63) is 44.9 Å². The predicted octanol–water partition coefficient (Wildman–Crippen LogP) is 3.92. The van der Waals surface area contributed by atoms with Gasteiger partial charge in [-0.3, -0.25) is 9.67 Å². The first-order valence-electron chi connectivity index (χ1n) is 7.13. The summed E-state index contributed by atoms with van der Waals surface area (Å²) in [4.78, 5) is 4.45. The van der Waals surface area contributed by atoms with Crippen LogP contribution in [0.4, 0.5) is 0 Å². The van der Waals surface area contributed by atoms with Crippen LogP contribution in [0.15, 0.2) is 22.8 Å². The van der Waals surface area contributed by atoms with Crippen LogP contribution in [-0.4, -0.2) is 21.3 Å². The van der Waals surface area contributed by atoms with Crippen molar-refractivity contribution in [2.75, 3.05) is 6.54 Å². The zero-order chi connectivity index (χ0) is 15.4. The average Bonchev–Trinajstić information content (AvgIpc) is 2.75. The van der Waals surface area contributed by atoms with Crippen molar-refractivity contribution in [3.8, 4) is 0 Å². The van der Waals surface area contributed by atoms with Crippen molar-refractivity contribution in [1.82, 2.24) is 20.1 Å². The highest BCUT2D eigenvalue weighted by Gasteiger charge is 2.19. The standard InChI is InChI=1S/C15H20BrClN4/c1-4-18-13(12-7-6-11(17)9-19-12)8-14-15(16)10(3)20-21(14)5-2/h6-7,9,13,18H,4-5,8H2,1-3H3. The van der Waals surface area contributed by atoms with E-state index in [1.807, 2.05) is 23.7 Å². The van der Waals surface area contributed by atoms with E-state index in [1.54, 1.807) is 6.20 Å². The molecule has 2 aromatic rings. The zero-order valence-electron chi connectivity index (χ0n) is 12.5. The van der Waals surface area contributed by atoms with Crippen LogP contribution >= 0.6 is 27.5 Å². The van der Waals surface area contributed by atoms with Crippen LogP contribution in [0.25, 0.3) is 0 Å². The van der Waals surface area contributed by atoms with Crippen LogP contribution in [0.2, 0.25) is 5.02 Å². The lowest BCUT2D eigenvalue weighted by Gasteiger charge is -2.18. The first-order chi connectivity index (χ1) is 10.1. The van der Waals surface area contributed by atoms with Crippen molar-refractivity contribution in [2.24, 2.45) is 0 Å². The Labute approximate surface area is 139 Å². The Morgan fingerprint density at radius 2 is 2.14 bits per heavy atom.